The van der Waals surface area contributed by atoms with Gasteiger partial charge in [0.1, 0.15) is 17.7 Å². The molecule has 1 aliphatic rings. The number of nitrogens with zero attached hydrogens (tertiary/aromatic N) is 1. The predicted octanol–water partition coefficient (Wildman–Crippen LogP) is 1.39. The van der Waals surface area contributed by atoms with Crippen LogP contribution >= 0.6 is 0 Å². The van der Waals surface area contributed by atoms with Gasteiger partial charge in [0.2, 0.25) is 5.91 Å². The van der Waals surface area contributed by atoms with Crippen molar-refractivity contribution < 1.29 is 29.0 Å². The molecule has 1 heterocycles. The Morgan fingerprint density at radius 2 is 1.83 bits per heavy atom. The minimum absolute atomic E-state index is 0.0240. The smallest absolute Gasteiger partial charge is 0.408 e. The van der Waals surface area contributed by atoms with Crippen molar-refractivity contribution in [2.75, 3.05) is 13.1 Å². The van der Waals surface area contributed by atoms with E-state index < -0.39 is 41.7 Å². The Morgan fingerprint density at radius 3 is 2.38 bits per heavy atom. The van der Waals surface area contributed by atoms with Crippen LogP contribution in [0, 0.1) is 0 Å². The maximum atomic E-state index is 12.6. The summed E-state index contributed by atoms with van der Waals surface area (Å²) in [5.41, 5.74) is -1.77. The van der Waals surface area contributed by atoms with Crippen molar-refractivity contribution in [2.45, 2.75) is 51.3 Å². The quantitative estimate of drug-likeness (QED) is 0.680. The zero-order chi connectivity index (χ0) is 21.8. The Labute approximate surface area is 169 Å². The fourth-order valence-corrected chi connectivity index (χ4v) is 3.17. The maximum Gasteiger partial charge on any atom is 0.408 e. The highest BCUT2D eigenvalue weighted by Gasteiger charge is 2.50. The Balaban J connectivity index is 2.04. The van der Waals surface area contributed by atoms with Gasteiger partial charge >= 0.3 is 12.1 Å². The van der Waals surface area contributed by atoms with Crippen LogP contribution in [0.3, 0.4) is 0 Å². The van der Waals surface area contributed by atoms with E-state index in [4.69, 9.17) is 4.74 Å². The number of likely N-dealkylation sites (tertiary alicyclic amines) is 1. The van der Waals surface area contributed by atoms with Crippen molar-refractivity contribution in [1.82, 2.24) is 15.5 Å². The van der Waals surface area contributed by atoms with E-state index in [1.54, 1.807) is 51.1 Å². The first-order chi connectivity index (χ1) is 13.4. The van der Waals surface area contributed by atoms with Crippen molar-refractivity contribution in [3.05, 3.63) is 35.9 Å². The molecule has 0 unspecified atom stereocenters. The molecule has 0 aromatic heterocycles. The molecule has 0 spiro atoms. The second-order valence-corrected chi connectivity index (χ2v) is 8.18. The first-order valence-corrected chi connectivity index (χ1v) is 9.29. The van der Waals surface area contributed by atoms with Crippen molar-refractivity contribution in [3.8, 4) is 0 Å². The SMILES string of the molecule is CC(C)(C)OC(=O)NCC(=O)N1C[C@H](NC(=O)c2ccccc2)C[C@@]1(C)C(=O)O. The summed E-state index contributed by atoms with van der Waals surface area (Å²) in [6.07, 6.45) is -0.713. The number of ether oxygens (including phenoxy) is 1. The molecule has 29 heavy (non-hydrogen) atoms. The monoisotopic (exact) mass is 405 g/mol. The lowest BCUT2D eigenvalue weighted by Crippen LogP contribution is -2.53. The molecule has 2 rings (SSSR count). The number of nitrogens with one attached hydrogen (secondary N) is 2. The molecule has 9 nitrogen and oxygen atoms in total. The molecule has 1 aromatic rings. The first kappa shape index (κ1) is 22.2. The summed E-state index contributed by atoms with van der Waals surface area (Å²) in [4.78, 5) is 49.8. The zero-order valence-electron chi connectivity index (χ0n) is 17.0. The predicted molar refractivity (Wildman–Crippen MR) is 104 cm³/mol. The van der Waals surface area contributed by atoms with Crippen LogP contribution < -0.4 is 10.6 Å². The maximum absolute atomic E-state index is 12.6. The highest BCUT2D eigenvalue weighted by Crippen LogP contribution is 2.30. The third-order valence-electron chi connectivity index (χ3n) is 4.56. The summed E-state index contributed by atoms with van der Waals surface area (Å²) in [6, 6.07) is 8.00. The molecular weight excluding hydrogens is 378 g/mol. The van der Waals surface area contributed by atoms with Crippen molar-refractivity contribution >= 4 is 23.9 Å². The molecule has 3 amide bonds. The van der Waals surface area contributed by atoms with E-state index in [0.717, 1.165) is 0 Å². The molecule has 0 bridgehead atoms. The van der Waals surface area contributed by atoms with Gasteiger partial charge in [0.25, 0.3) is 5.91 Å². The molecule has 1 aromatic carbocycles. The van der Waals surface area contributed by atoms with Gasteiger partial charge in [-0.2, -0.15) is 0 Å². The summed E-state index contributed by atoms with van der Waals surface area (Å²) >= 11 is 0. The fraction of sp³-hybridized carbons (Fsp3) is 0.500. The first-order valence-electron chi connectivity index (χ1n) is 9.29. The van der Waals surface area contributed by atoms with Gasteiger partial charge in [-0.05, 0) is 39.8 Å². The molecule has 1 aliphatic heterocycles. The van der Waals surface area contributed by atoms with E-state index in [0.29, 0.717) is 5.56 Å². The van der Waals surface area contributed by atoms with Crippen molar-refractivity contribution in [1.29, 1.82) is 0 Å². The van der Waals surface area contributed by atoms with Gasteiger partial charge in [-0.1, -0.05) is 18.2 Å². The summed E-state index contributed by atoms with van der Waals surface area (Å²) in [5.74, 6) is -2.10. The zero-order valence-corrected chi connectivity index (χ0v) is 17.0. The molecule has 0 radical (unpaired) electrons. The van der Waals surface area contributed by atoms with E-state index in [1.807, 2.05) is 0 Å². The topological polar surface area (TPSA) is 125 Å². The molecule has 1 fully saturated rings. The van der Waals surface area contributed by atoms with Crippen LogP contribution in [-0.4, -0.2) is 64.2 Å². The molecule has 0 saturated carbocycles. The molecule has 9 heteroatoms. The van der Waals surface area contributed by atoms with Gasteiger partial charge in [0.15, 0.2) is 0 Å². The fourth-order valence-electron chi connectivity index (χ4n) is 3.17. The lowest BCUT2D eigenvalue weighted by atomic mass is 9.97. The normalized spacial score (nSPS) is 21.4. The highest BCUT2D eigenvalue weighted by atomic mass is 16.6. The van der Waals surface area contributed by atoms with Crippen LogP contribution in [0.5, 0.6) is 0 Å². The number of benzene rings is 1. The summed E-state index contributed by atoms with van der Waals surface area (Å²) in [7, 11) is 0. The Kier molecular flexibility index (Phi) is 6.51. The number of rotatable bonds is 5. The van der Waals surface area contributed by atoms with Gasteiger partial charge < -0.3 is 25.4 Å². The van der Waals surface area contributed by atoms with Crippen LogP contribution in [0.2, 0.25) is 0 Å². The second-order valence-electron chi connectivity index (χ2n) is 8.18. The number of carboxylic acid groups (broad SMARTS) is 1. The van der Waals surface area contributed by atoms with Crippen molar-refractivity contribution in [2.24, 2.45) is 0 Å². The van der Waals surface area contributed by atoms with Gasteiger partial charge in [-0.3, -0.25) is 9.59 Å². The van der Waals surface area contributed by atoms with Crippen LogP contribution in [0.4, 0.5) is 4.79 Å². The summed E-state index contributed by atoms with van der Waals surface area (Å²) < 4.78 is 5.08. The third-order valence-corrected chi connectivity index (χ3v) is 4.56. The van der Waals surface area contributed by atoms with E-state index in [1.165, 1.54) is 11.8 Å². The lowest BCUT2D eigenvalue weighted by molar-refractivity contribution is -0.154. The Bertz CT molecular complexity index is 789. The third kappa shape index (κ3) is 5.69. The molecule has 1 saturated heterocycles. The molecule has 2 atom stereocenters. The summed E-state index contributed by atoms with van der Waals surface area (Å²) in [6.45, 7) is 6.12. The van der Waals surface area contributed by atoms with Gasteiger partial charge in [-0.25, -0.2) is 9.59 Å². The largest absolute Gasteiger partial charge is 0.480 e. The number of alkyl carbamates (subject to hydrolysis) is 1. The van der Waals surface area contributed by atoms with Gasteiger partial charge in [0.05, 0.1) is 0 Å². The number of aliphatic carboxylic acids is 1. The van der Waals surface area contributed by atoms with Crippen molar-refractivity contribution in [3.63, 3.8) is 0 Å². The van der Waals surface area contributed by atoms with Crippen LogP contribution in [0.15, 0.2) is 30.3 Å². The average Bonchev–Trinajstić information content (AvgIpc) is 2.96. The van der Waals surface area contributed by atoms with Crippen LogP contribution in [-0.2, 0) is 14.3 Å². The highest BCUT2D eigenvalue weighted by molar-refractivity contribution is 5.95. The Morgan fingerprint density at radius 1 is 1.21 bits per heavy atom. The lowest BCUT2D eigenvalue weighted by Gasteiger charge is -2.31. The number of carbonyl (C=O) groups excluding carboxylic acids is 3. The van der Waals surface area contributed by atoms with E-state index in [2.05, 4.69) is 10.6 Å². The molecular formula is C20H27N3O6. The van der Waals surface area contributed by atoms with Gasteiger partial charge in [-0.15, -0.1) is 0 Å². The van der Waals surface area contributed by atoms with E-state index in [9.17, 15) is 24.3 Å². The van der Waals surface area contributed by atoms with Crippen LogP contribution in [0.1, 0.15) is 44.5 Å². The standard InChI is InChI=1S/C20H27N3O6/c1-19(2,3)29-18(28)21-11-15(24)23-12-14(10-20(23,4)17(26)27)22-16(25)13-8-6-5-7-9-13/h5-9,14H,10-12H2,1-4H3,(H,21,28)(H,22,25)(H,26,27)/t14-,20+/m1/s1. The second kappa shape index (κ2) is 8.50. The average molecular weight is 405 g/mol. The van der Waals surface area contributed by atoms with Gasteiger partial charge in [0, 0.05) is 24.6 Å². The number of hydrogen-bond acceptors (Lipinski definition) is 5. The van der Waals surface area contributed by atoms with E-state index in [-0.39, 0.29) is 18.9 Å². The number of hydrogen-bond donors (Lipinski definition) is 3. The summed E-state index contributed by atoms with van der Waals surface area (Å²) in [5, 5.41) is 14.8. The molecule has 0 aliphatic carbocycles. The molecule has 3 N–H and O–H groups in total. The minimum Gasteiger partial charge on any atom is -0.480 e. The number of amides is 3. The Hall–Kier alpha value is -3.10. The molecule has 158 valence electrons. The minimum atomic E-state index is -1.50. The number of carbonyl (C=O) groups is 4. The van der Waals surface area contributed by atoms with Crippen LogP contribution in [0.25, 0.3) is 0 Å². The van der Waals surface area contributed by atoms with E-state index >= 15 is 0 Å². The number of carboxylic acids is 1.